The van der Waals surface area contributed by atoms with Crippen molar-refractivity contribution >= 4 is 28.8 Å². The van der Waals surface area contributed by atoms with Crippen LogP contribution in [0.3, 0.4) is 0 Å². The number of halogens is 1. The first kappa shape index (κ1) is 15.0. The third kappa shape index (κ3) is 4.05. The molecule has 0 aliphatic rings. The highest BCUT2D eigenvalue weighted by Crippen LogP contribution is 2.19. The third-order valence-electron chi connectivity index (χ3n) is 2.84. The van der Waals surface area contributed by atoms with E-state index in [1.807, 2.05) is 23.6 Å². The minimum Gasteiger partial charge on any atom is -0.350 e. The highest BCUT2D eigenvalue weighted by molar-refractivity contribution is 7.09. The number of carbonyl (C=O) groups excluding carboxylic acids is 1. The second-order valence-electron chi connectivity index (χ2n) is 4.88. The molecule has 2 aromatic rings. The van der Waals surface area contributed by atoms with Crippen molar-refractivity contribution in [3.05, 3.63) is 50.9 Å². The molecule has 1 aromatic carbocycles. The quantitative estimate of drug-likeness (QED) is 0.913. The number of rotatable bonds is 5. The highest BCUT2D eigenvalue weighted by Gasteiger charge is 2.09. The van der Waals surface area contributed by atoms with Crippen LogP contribution in [0, 0.1) is 0 Å². The minimum absolute atomic E-state index is 0.0443. The van der Waals surface area contributed by atoms with Crippen molar-refractivity contribution in [2.45, 2.75) is 32.7 Å². The minimum atomic E-state index is -0.0443. The molecular weight excluding hydrogens is 292 g/mol. The van der Waals surface area contributed by atoms with E-state index >= 15 is 0 Å². The molecule has 0 atom stereocenters. The zero-order valence-corrected chi connectivity index (χ0v) is 13.1. The van der Waals surface area contributed by atoms with E-state index in [1.54, 1.807) is 17.4 Å². The summed E-state index contributed by atoms with van der Waals surface area (Å²) in [6, 6.07) is 7.39. The van der Waals surface area contributed by atoms with Crippen LogP contribution in [0.2, 0.25) is 5.02 Å². The fourth-order valence-electron chi connectivity index (χ4n) is 1.74. The van der Waals surface area contributed by atoms with Gasteiger partial charge in [0.2, 0.25) is 5.91 Å². The maximum absolute atomic E-state index is 11.9. The Morgan fingerprint density at radius 2 is 2.15 bits per heavy atom. The van der Waals surface area contributed by atoms with E-state index in [4.69, 9.17) is 11.6 Å². The molecule has 1 N–H and O–H groups in total. The smallest absolute Gasteiger partial charge is 0.224 e. The molecule has 5 heteroatoms. The summed E-state index contributed by atoms with van der Waals surface area (Å²) in [7, 11) is 0. The number of aromatic nitrogens is 1. The van der Waals surface area contributed by atoms with E-state index in [9.17, 15) is 4.79 Å². The van der Waals surface area contributed by atoms with Crippen LogP contribution in [0.5, 0.6) is 0 Å². The fourth-order valence-corrected chi connectivity index (χ4v) is 2.77. The maximum atomic E-state index is 11.9. The van der Waals surface area contributed by atoms with E-state index in [0.717, 1.165) is 16.3 Å². The normalized spacial score (nSPS) is 10.8. The van der Waals surface area contributed by atoms with Gasteiger partial charge in [0.25, 0.3) is 0 Å². The summed E-state index contributed by atoms with van der Waals surface area (Å²) in [5, 5.41) is 6.59. The van der Waals surface area contributed by atoms with Gasteiger partial charge in [0.05, 0.1) is 23.7 Å². The van der Waals surface area contributed by atoms with Gasteiger partial charge in [-0.25, -0.2) is 4.98 Å². The highest BCUT2D eigenvalue weighted by atomic mass is 35.5. The Balaban J connectivity index is 1.87. The molecule has 1 aromatic heterocycles. The Kier molecular flexibility index (Phi) is 5.15. The van der Waals surface area contributed by atoms with Crippen molar-refractivity contribution in [2.75, 3.05) is 0 Å². The number of thiazole rings is 1. The van der Waals surface area contributed by atoms with E-state index < -0.39 is 0 Å². The largest absolute Gasteiger partial charge is 0.350 e. The third-order valence-corrected chi connectivity index (χ3v) is 4.40. The molecule has 1 heterocycles. The van der Waals surface area contributed by atoms with Gasteiger partial charge in [0, 0.05) is 16.3 Å². The van der Waals surface area contributed by atoms with Gasteiger partial charge < -0.3 is 5.32 Å². The Morgan fingerprint density at radius 3 is 2.80 bits per heavy atom. The first-order valence-corrected chi connectivity index (χ1v) is 7.76. The van der Waals surface area contributed by atoms with Crippen molar-refractivity contribution < 1.29 is 4.79 Å². The number of benzene rings is 1. The molecule has 2 rings (SSSR count). The van der Waals surface area contributed by atoms with Gasteiger partial charge in [-0.05, 0) is 11.6 Å². The molecule has 0 aliphatic heterocycles. The lowest BCUT2D eigenvalue weighted by atomic mass is 10.1. The number of nitrogens with one attached hydrogen (secondary N) is 1. The molecule has 106 valence electrons. The number of hydrogen-bond acceptors (Lipinski definition) is 3. The summed E-state index contributed by atoms with van der Waals surface area (Å²) in [5.41, 5.74) is 1.75. The molecule has 20 heavy (non-hydrogen) atoms. The van der Waals surface area contributed by atoms with Crippen LogP contribution in [0.1, 0.15) is 36.0 Å². The second-order valence-corrected chi connectivity index (χ2v) is 6.17. The number of hydrogen-bond donors (Lipinski definition) is 1. The topological polar surface area (TPSA) is 42.0 Å². The maximum Gasteiger partial charge on any atom is 0.224 e. The molecule has 0 unspecified atom stereocenters. The summed E-state index contributed by atoms with van der Waals surface area (Å²) in [4.78, 5) is 16.4. The van der Waals surface area contributed by atoms with Crippen molar-refractivity contribution in [3.63, 3.8) is 0 Å². The first-order chi connectivity index (χ1) is 9.56. The van der Waals surface area contributed by atoms with E-state index in [0.29, 0.717) is 23.9 Å². The Morgan fingerprint density at radius 1 is 1.40 bits per heavy atom. The van der Waals surface area contributed by atoms with Crippen LogP contribution < -0.4 is 5.32 Å². The van der Waals surface area contributed by atoms with Crippen LogP contribution in [-0.2, 0) is 17.8 Å². The Labute approximate surface area is 128 Å². The van der Waals surface area contributed by atoms with Crippen LogP contribution in [0.15, 0.2) is 29.6 Å². The van der Waals surface area contributed by atoms with Crippen LogP contribution in [0.25, 0.3) is 0 Å². The van der Waals surface area contributed by atoms with Gasteiger partial charge in [-0.2, -0.15) is 0 Å². The van der Waals surface area contributed by atoms with Crippen LogP contribution in [0.4, 0.5) is 0 Å². The molecule has 0 bridgehead atoms. The van der Waals surface area contributed by atoms with Gasteiger partial charge in [0.1, 0.15) is 0 Å². The Hall–Kier alpha value is -1.39. The van der Waals surface area contributed by atoms with Gasteiger partial charge >= 0.3 is 0 Å². The van der Waals surface area contributed by atoms with E-state index in [-0.39, 0.29) is 5.91 Å². The lowest BCUT2D eigenvalue weighted by Gasteiger charge is -2.05. The molecule has 0 spiro atoms. The van der Waals surface area contributed by atoms with Crippen molar-refractivity contribution in [1.82, 2.24) is 10.3 Å². The zero-order chi connectivity index (χ0) is 14.5. The molecule has 3 nitrogen and oxygen atoms in total. The van der Waals surface area contributed by atoms with Gasteiger partial charge in [0.15, 0.2) is 0 Å². The Bertz CT molecular complexity index is 595. The average Bonchev–Trinajstić information content (AvgIpc) is 2.88. The zero-order valence-electron chi connectivity index (χ0n) is 11.5. The van der Waals surface area contributed by atoms with Crippen LogP contribution in [-0.4, -0.2) is 10.9 Å². The monoisotopic (exact) mass is 308 g/mol. The van der Waals surface area contributed by atoms with Gasteiger partial charge in [-0.15, -0.1) is 11.3 Å². The summed E-state index contributed by atoms with van der Waals surface area (Å²) < 4.78 is 0. The molecule has 0 radical (unpaired) electrons. The number of carbonyl (C=O) groups is 1. The number of nitrogens with zero attached hydrogens (tertiary/aromatic N) is 1. The summed E-state index contributed by atoms with van der Waals surface area (Å²) >= 11 is 7.67. The molecular formula is C15H17ClN2OS. The van der Waals surface area contributed by atoms with Gasteiger partial charge in [-0.1, -0.05) is 43.6 Å². The predicted molar refractivity (Wildman–Crippen MR) is 83.2 cm³/mol. The van der Waals surface area contributed by atoms with Crippen LogP contribution >= 0.6 is 22.9 Å². The summed E-state index contributed by atoms with van der Waals surface area (Å²) in [5.74, 6) is 0.379. The average molecular weight is 309 g/mol. The van der Waals surface area contributed by atoms with Crippen molar-refractivity contribution in [2.24, 2.45) is 0 Å². The molecule has 0 fully saturated rings. The second kappa shape index (κ2) is 6.86. The SMILES string of the molecule is CC(C)c1nc(CNC(=O)Cc2ccccc2Cl)cs1. The lowest BCUT2D eigenvalue weighted by molar-refractivity contribution is -0.120. The van der Waals surface area contributed by atoms with E-state index in [1.165, 1.54) is 0 Å². The molecule has 0 saturated carbocycles. The molecule has 0 saturated heterocycles. The number of amides is 1. The van der Waals surface area contributed by atoms with E-state index in [2.05, 4.69) is 24.1 Å². The molecule has 1 amide bonds. The fraction of sp³-hybridized carbons (Fsp3) is 0.333. The van der Waals surface area contributed by atoms with Crippen molar-refractivity contribution in [3.8, 4) is 0 Å². The van der Waals surface area contributed by atoms with Crippen molar-refractivity contribution in [1.29, 1.82) is 0 Å². The summed E-state index contributed by atoms with van der Waals surface area (Å²) in [6.45, 7) is 4.68. The molecule has 0 aliphatic carbocycles. The lowest BCUT2D eigenvalue weighted by Crippen LogP contribution is -2.24. The standard InChI is InChI=1S/C15H17ClN2OS/c1-10(2)15-18-12(9-20-15)8-17-14(19)7-11-5-3-4-6-13(11)16/h3-6,9-10H,7-8H2,1-2H3,(H,17,19). The predicted octanol–water partition coefficient (Wildman–Crippen LogP) is 3.78. The van der Waals surface area contributed by atoms with Gasteiger partial charge in [-0.3, -0.25) is 4.79 Å². The summed E-state index contributed by atoms with van der Waals surface area (Å²) in [6.07, 6.45) is 0.293. The first-order valence-electron chi connectivity index (χ1n) is 6.50.